The second kappa shape index (κ2) is 4.28. The Hall–Kier alpha value is -1.56. The predicted molar refractivity (Wildman–Crippen MR) is 72.2 cm³/mol. The minimum absolute atomic E-state index is 0.481. The number of aromatic nitrogens is 2. The Morgan fingerprint density at radius 3 is 2.33 bits per heavy atom. The van der Waals surface area contributed by atoms with E-state index in [0.717, 1.165) is 4.57 Å². The van der Waals surface area contributed by atoms with Gasteiger partial charge in [0.25, 0.3) is 0 Å². The number of para-hydroxylation sites is 2. The van der Waals surface area contributed by atoms with Gasteiger partial charge in [0, 0.05) is 0 Å². The highest BCUT2D eigenvalue weighted by Gasteiger charge is 2.23. The van der Waals surface area contributed by atoms with Crippen molar-refractivity contribution in [3.05, 3.63) is 34.7 Å². The van der Waals surface area contributed by atoms with Gasteiger partial charge < -0.3 is 4.74 Å². The van der Waals surface area contributed by atoms with E-state index in [1.165, 1.54) is 3.59 Å². The molecule has 0 amide bonds. The maximum atomic E-state index is 12.0. The summed E-state index contributed by atoms with van der Waals surface area (Å²) >= 11 is 3.13. The number of hydrogen-bond acceptors (Lipinski definition) is 3. The molecule has 0 aliphatic carbocycles. The summed E-state index contributed by atoms with van der Waals surface area (Å²) in [6.07, 6.45) is -0.679. The van der Waals surface area contributed by atoms with Gasteiger partial charge in [-0.2, -0.15) is 4.57 Å². The van der Waals surface area contributed by atoms with Crippen LogP contribution in [0, 0.1) is 0 Å². The van der Waals surface area contributed by atoms with Crippen molar-refractivity contribution in [1.82, 2.24) is 8.16 Å². The smallest absolute Gasteiger partial charge is 0.423 e. The third-order valence-corrected chi connectivity index (χ3v) is 2.95. The fourth-order valence-corrected chi connectivity index (χ4v) is 2.06. The van der Waals surface area contributed by atoms with Gasteiger partial charge in [0.15, 0.2) is 0 Å². The number of ether oxygens (including phenoxy) is 1. The van der Waals surface area contributed by atoms with E-state index < -0.39 is 17.4 Å². The Morgan fingerprint density at radius 2 is 1.78 bits per heavy atom. The summed E-state index contributed by atoms with van der Waals surface area (Å²) in [5.74, 6) is 0. The zero-order chi connectivity index (χ0) is 13.5. The van der Waals surface area contributed by atoms with Crippen LogP contribution in [0.2, 0.25) is 0 Å². The molecule has 0 N–H and O–H groups in total. The quantitative estimate of drug-likeness (QED) is 0.751. The molecular weight excluding hydrogens is 300 g/mol. The Kier molecular flexibility index (Phi) is 3.06. The van der Waals surface area contributed by atoms with Gasteiger partial charge >= 0.3 is 11.8 Å². The average molecular weight is 313 g/mol. The third kappa shape index (κ3) is 2.20. The van der Waals surface area contributed by atoms with E-state index in [1.807, 2.05) is 0 Å². The van der Waals surface area contributed by atoms with Gasteiger partial charge in [-0.1, -0.05) is 12.1 Å². The topological polar surface area (TPSA) is 53.2 Å². The first-order valence-corrected chi connectivity index (χ1v) is 6.14. The van der Waals surface area contributed by atoms with Crippen LogP contribution in [0.1, 0.15) is 20.8 Å². The van der Waals surface area contributed by atoms with E-state index in [9.17, 15) is 9.59 Å². The van der Waals surface area contributed by atoms with E-state index in [-0.39, 0.29) is 0 Å². The summed E-state index contributed by atoms with van der Waals surface area (Å²) in [4.78, 5) is 24.0. The molecule has 0 saturated carbocycles. The van der Waals surface area contributed by atoms with Crippen molar-refractivity contribution < 1.29 is 9.53 Å². The van der Waals surface area contributed by atoms with E-state index in [1.54, 1.807) is 45.0 Å². The van der Waals surface area contributed by atoms with E-state index in [4.69, 9.17) is 4.74 Å². The highest BCUT2D eigenvalue weighted by atomic mass is 79.9. The van der Waals surface area contributed by atoms with E-state index in [2.05, 4.69) is 16.1 Å². The van der Waals surface area contributed by atoms with E-state index >= 15 is 0 Å². The first-order chi connectivity index (χ1) is 8.31. The van der Waals surface area contributed by atoms with E-state index in [0.29, 0.717) is 11.0 Å². The molecule has 0 aliphatic rings. The number of benzene rings is 1. The van der Waals surface area contributed by atoms with Crippen molar-refractivity contribution in [2.75, 3.05) is 0 Å². The van der Waals surface area contributed by atoms with Crippen molar-refractivity contribution in [2.45, 2.75) is 26.4 Å². The number of fused-ring (bicyclic) bond motifs is 1. The number of carbonyl (C=O) groups excluding carboxylic acids is 1. The molecule has 0 fully saturated rings. The number of imidazole rings is 1. The molecule has 96 valence electrons. The largest absolute Gasteiger partial charge is 0.443 e. The molecule has 6 heteroatoms. The van der Waals surface area contributed by atoms with Gasteiger partial charge in [-0.15, -0.1) is 0 Å². The van der Waals surface area contributed by atoms with Crippen molar-refractivity contribution >= 4 is 33.3 Å². The fraction of sp³-hybridized carbons (Fsp3) is 0.333. The highest BCUT2D eigenvalue weighted by Crippen LogP contribution is 2.16. The van der Waals surface area contributed by atoms with Crippen LogP contribution in [0.15, 0.2) is 29.1 Å². The van der Waals surface area contributed by atoms with Crippen LogP contribution in [0.3, 0.4) is 0 Å². The molecule has 5 nitrogen and oxygen atoms in total. The summed E-state index contributed by atoms with van der Waals surface area (Å²) in [6.45, 7) is 5.26. The second-order valence-electron chi connectivity index (χ2n) is 4.87. The summed E-state index contributed by atoms with van der Waals surface area (Å²) in [6, 6.07) is 6.99. The minimum atomic E-state index is -0.679. The minimum Gasteiger partial charge on any atom is -0.443 e. The molecule has 0 radical (unpaired) electrons. The lowest BCUT2D eigenvalue weighted by Crippen LogP contribution is -2.33. The molecule has 2 rings (SSSR count). The summed E-state index contributed by atoms with van der Waals surface area (Å²) in [7, 11) is 0. The first kappa shape index (κ1) is 12.9. The maximum Gasteiger partial charge on any atom is 0.423 e. The van der Waals surface area contributed by atoms with Crippen molar-refractivity contribution in [3.63, 3.8) is 0 Å². The number of hydrogen-bond donors (Lipinski definition) is 0. The lowest BCUT2D eigenvalue weighted by molar-refractivity contribution is 0.0538. The standard InChI is InChI=1S/C12H13BrN2O3/c1-12(2,3)18-11(17)14-8-6-4-5-7-9(8)15(13)10(14)16/h4-7H,1-3H3. The van der Waals surface area contributed by atoms with Gasteiger partial charge in [0.1, 0.15) is 5.60 Å². The zero-order valence-electron chi connectivity index (χ0n) is 10.3. The van der Waals surface area contributed by atoms with Gasteiger partial charge in [-0.05, 0) is 32.9 Å². The fourth-order valence-electron chi connectivity index (χ4n) is 1.60. The number of nitrogens with zero attached hydrogens (tertiary/aromatic N) is 2. The van der Waals surface area contributed by atoms with Crippen LogP contribution in [-0.4, -0.2) is 19.9 Å². The second-order valence-corrected chi connectivity index (χ2v) is 5.58. The van der Waals surface area contributed by atoms with Crippen LogP contribution in [0.4, 0.5) is 4.79 Å². The van der Waals surface area contributed by atoms with Crippen LogP contribution in [0.5, 0.6) is 0 Å². The summed E-state index contributed by atoms with van der Waals surface area (Å²) in [5, 5.41) is 0. The molecule has 18 heavy (non-hydrogen) atoms. The van der Waals surface area contributed by atoms with Crippen LogP contribution in [-0.2, 0) is 4.74 Å². The predicted octanol–water partition coefficient (Wildman–Crippen LogP) is 2.74. The molecule has 0 spiro atoms. The Bertz CT molecular complexity index is 664. The first-order valence-electron chi connectivity index (χ1n) is 5.43. The third-order valence-electron chi connectivity index (χ3n) is 2.27. The summed E-state index contributed by atoms with van der Waals surface area (Å²) < 4.78 is 7.47. The van der Waals surface area contributed by atoms with Crippen LogP contribution in [0.25, 0.3) is 11.0 Å². The molecule has 1 heterocycles. The Balaban J connectivity index is 2.61. The normalized spacial score (nSPS) is 11.8. The number of rotatable bonds is 0. The van der Waals surface area contributed by atoms with Crippen LogP contribution < -0.4 is 5.69 Å². The van der Waals surface area contributed by atoms with Gasteiger partial charge in [0.05, 0.1) is 27.2 Å². The highest BCUT2D eigenvalue weighted by molar-refractivity contribution is 9.08. The molecule has 1 aromatic carbocycles. The molecular formula is C12H13BrN2O3. The van der Waals surface area contributed by atoms with Crippen molar-refractivity contribution in [3.8, 4) is 0 Å². The molecule has 2 aromatic rings. The SMILES string of the molecule is CC(C)(C)OC(=O)n1c(=O)n(Br)c2ccccc21. The maximum absolute atomic E-state index is 12.0. The molecule has 1 aromatic heterocycles. The average Bonchev–Trinajstić information content (AvgIpc) is 2.50. The molecule has 0 bridgehead atoms. The van der Waals surface area contributed by atoms with Gasteiger partial charge in [0.2, 0.25) is 0 Å². The molecule has 0 atom stereocenters. The van der Waals surface area contributed by atoms with Crippen molar-refractivity contribution in [1.29, 1.82) is 0 Å². The lowest BCUT2D eigenvalue weighted by Gasteiger charge is -2.19. The Morgan fingerprint density at radius 1 is 1.22 bits per heavy atom. The molecule has 0 unspecified atom stereocenters. The van der Waals surface area contributed by atoms with Crippen molar-refractivity contribution in [2.24, 2.45) is 0 Å². The number of carbonyl (C=O) groups is 1. The number of halogens is 1. The Labute approximate surface area is 112 Å². The molecule has 0 saturated heterocycles. The molecule has 0 aliphatic heterocycles. The zero-order valence-corrected chi connectivity index (χ0v) is 11.9. The van der Waals surface area contributed by atoms with Gasteiger partial charge in [-0.25, -0.2) is 13.2 Å². The van der Waals surface area contributed by atoms with Crippen LogP contribution >= 0.6 is 16.1 Å². The summed E-state index contributed by atoms with van der Waals surface area (Å²) in [5.41, 5.74) is -0.00101. The monoisotopic (exact) mass is 312 g/mol. The lowest BCUT2D eigenvalue weighted by atomic mass is 10.2. The van der Waals surface area contributed by atoms with Gasteiger partial charge in [-0.3, -0.25) is 0 Å².